The second-order valence-electron chi connectivity index (χ2n) is 1.03. The molecule has 0 N–H and O–H groups in total. The van der Waals surface area contributed by atoms with Crippen molar-refractivity contribution in [1.29, 1.82) is 0 Å². The van der Waals surface area contributed by atoms with Crippen LogP contribution in [-0.4, -0.2) is 12.9 Å². The molecule has 0 aromatic rings. The molecule has 0 rings (SSSR count). The van der Waals surface area contributed by atoms with E-state index in [1.54, 1.807) is 9.35 Å². The van der Waals surface area contributed by atoms with Crippen LogP contribution in [0.4, 0.5) is 0 Å². The van der Waals surface area contributed by atoms with Gasteiger partial charge in [0.1, 0.15) is 0 Å². The lowest BCUT2D eigenvalue weighted by Crippen LogP contribution is -1.63. The first-order chi connectivity index (χ1) is 3.56. The molecule has 0 amide bonds. The average molecular weight is 412 g/mol. The summed E-state index contributed by atoms with van der Waals surface area (Å²) in [7, 11) is 4.98. The van der Waals surface area contributed by atoms with Crippen molar-refractivity contribution in [2.75, 3.05) is 12.9 Å². The largest absolute Gasteiger partial charge is 0.0889 e. The van der Waals surface area contributed by atoms with E-state index in [9.17, 15) is 0 Å². The first kappa shape index (κ1) is 10.7. The van der Waals surface area contributed by atoms with Crippen molar-refractivity contribution in [3.63, 3.8) is 0 Å². The van der Waals surface area contributed by atoms with Gasteiger partial charge in [-0.15, -0.1) is 0 Å². The van der Waals surface area contributed by atoms with Crippen LogP contribution < -0.4 is 0 Å². The molecule has 0 fully saturated rings. The molecule has 0 bridgehead atoms. The average Bonchev–Trinajstić information content (AvgIpc) is 1.59. The molecule has 0 aromatic heterocycles. The van der Waals surface area contributed by atoms with E-state index < -0.39 is 0 Å². The fraction of sp³-hybridized carbons (Fsp3) is 1.00. The third-order valence-corrected chi connectivity index (χ3v) is 17.1. The fourth-order valence-electron chi connectivity index (χ4n) is 0.0919. The molecule has 0 aromatic carbocycles. The van der Waals surface area contributed by atoms with Crippen LogP contribution in [0.25, 0.3) is 0 Å². The fourth-order valence-corrected chi connectivity index (χ4v) is 19.1. The van der Waals surface area contributed by atoms with Gasteiger partial charge >= 0.3 is 0 Å². The highest BCUT2D eigenvalue weighted by atomic mass is 127. The maximum atomic E-state index is 2.53. The first-order valence-electron chi connectivity index (χ1n) is 1.71. The Kier molecular flexibility index (Phi) is 7.14. The minimum absolute atomic E-state index is 0.318. The molecular formula is C2H7I2PS3. The van der Waals surface area contributed by atoms with Crippen LogP contribution in [0.5, 0.6) is 0 Å². The summed E-state index contributed by atoms with van der Waals surface area (Å²) >= 11 is 5.06. The number of hydrogen-bond acceptors (Lipinski definition) is 0. The summed E-state index contributed by atoms with van der Waals surface area (Å²) in [6.45, 7) is 2.18. The van der Waals surface area contributed by atoms with Crippen molar-refractivity contribution in [2.24, 2.45) is 0 Å². The minimum atomic E-state index is -0.318. The Balaban J connectivity index is 3.89. The Hall–Kier alpha value is 2.68. The molecule has 0 saturated heterocycles. The minimum Gasteiger partial charge on any atom is -0.0889 e. The van der Waals surface area contributed by atoms with E-state index >= 15 is 0 Å². The molecule has 0 atom stereocenters. The van der Waals surface area contributed by atoms with E-state index in [1.807, 2.05) is 9.50 Å². The standard InChI is InChI=1S/C2H7I2PS3/c1-5-6-7-8(2,3)4/h7H,1-2H3. The molecule has 6 heteroatoms. The van der Waals surface area contributed by atoms with Crippen LogP contribution in [-0.2, 0) is 18.9 Å². The molecule has 0 aliphatic rings. The Labute approximate surface area is 83.5 Å². The predicted octanol–water partition coefficient (Wildman–Crippen LogP) is 3.34. The molecule has 0 aliphatic carbocycles. The van der Waals surface area contributed by atoms with Crippen molar-refractivity contribution >= 4 is 72.0 Å². The molecule has 0 aliphatic heterocycles. The smallest absolute Gasteiger partial charge is 0.00475 e. The van der Waals surface area contributed by atoms with Gasteiger partial charge in [-0.05, 0) is 62.7 Å². The second kappa shape index (κ2) is 5.35. The molecule has 0 saturated carbocycles. The van der Waals surface area contributed by atoms with E-state index in [-0.39, 0.29) is 3.40 Å². The Morgan fingerprint density at radius 3 is 2.25 bits per heavy atom. The molecule has 0 heterocycles. The zero-order chi connectivity index (χ0) is 6.62. The van der Waals surface area contributed by atoms with Crippen LogP contribution in [0.1, 0.15) is 0 Å². The van der Waals surface area contributed by atoms with E-state index in [2.05, 4.69) is 55.3 Å². The van der Waals surface area contributed by atoms with Crippen molar-refractivity contribution in [3.05, 3.63) is 0 Å². The summed E-state index contributed by atoms with van der Waals surface area (Å²) in [5.41, 5.74) is 0. The SMILES string of the molecule is CP=S=[SH]S(C)(I)I. The topological polar surface area (TPSA) is 0 Å². The maximum Gasteiger partial charge on any atom is -0.00475 e. The summed E-state index contributed by atoms with van der Waals surface area (Å²) in [6, 6.07) is 0. The van der Waals surface area contributed by atoms with Gasteiger partial charge in [-0.1, -0.05) is 22.3 Å². The van der Waals surface area contributed by atoms with Crippen LogP contribution in [0.2, 0.25) is 0 Å². The molecule has 52 valence electrons. The van der Waals surface area contributed by atoms with Crippen LogP contribution in [0, 0.1) is 0 Å². The van der Waals surface area contributed by atoms with Gasteiger partial charge < -0.3 is 0 Å². The van der Waals surface area contributed by atoms with Crippen molar-refractivity contribution in [3.8, 4) is 0 Å². The van der Waals surface area contributed by atoms with E-state index in [0.717, 1.165) is 0 Å². The molecular weight excluding hydrogens is 405 g/mol. The van der Waals surface area contributed by atoms with Gasteiger partial charge in [0, 0.05) is 0 Å². The van der Waals surface area contributed by atoms with Gasteiger partial charge in [0.05, 0.1) is 0 Å². The Morgan fingerprint density at radius 1 is 1.62 bits per heavy atom. The lowest BCUT2D eigenvalue weighted by Gasteiger charge is -2.10. The highest BCUT2D eigenvalue weighted by molar-refractivity contribution is 14.3. The lowest BCUT2D eigenvalue weighted by atomic mass is 12.0. The summed E-state index contributed by atoms with van der Waals surface area (Å²) in [4.78, 5) is 0. The summed E-state index contributed by atoms with van der Waals surface area (Å²) < 4.78 is -0.318. The highest BCUT2D eigenvalue weighted by Crippen LogP contribution is 2.60. The number of rotatable bonds is 1. The lowest BCUT2D eigenvalue weighted by molar-refractivity contribution is 2.52. The molecule has 0 radical (unpaired) electrons. The van der Waals surface area contributed by atoms with Gasteiger partial charge in [0.15, 0.2) is 0 Å². The summed E-state index contributed by atoms with van der Waals surface area (Å²) in [6.07, 6.45) is 2.31. The van der Waals surface area contributed by atoms with Crippen LogP contribution in [0.15, 0.2) is 0 Å². The van der Waals surface area contributed by atoms with E-state index in [1.165, 1.54) is 7.36 Å². The van der Waals surface area contributed by atoms with Crippen molar-refractivity contribution in [2.45, 2.75) is 0 Å². The predicted molar refractivity (Wildman–Crippen MR) is 70.5 cm³/mol. The van der Waals surface area contributed by atoms with E-state index in [4.69, 9.17) is 0 Å². The maximum absolute atomic E-state index is 2.53. The molecule has 0 nitrogen and oxygen atoms in total. The quantitative estimate of drug-likeness (QED) is 0.291. The monoisotopic (exact) mass is 412 g/mol. The third-order valence-electron chi connectivity index (χ3n) is 0.246. The number of hydrogen-bond donors (Lipinski definition) is 1. The highest BCUT2D eigenvalue weighted by Gasteiger charge is 1.99. The second-order valence-corrected chi connectivity index (χ2v) is 29.9. The molecule has 8 heavy (non-hydrogen) atoms. The van der Waals surface area contributed by atoms with Crippen molar-refractivity contribution < 1.29 is 0 Å². The Morgan fingerprint density at radius 2 is 2.12 bits per heavy atom. The van der Waals surface area contributed by atoms with Gasteiger partial charge in [-0.25, -0.2) is 0 Å². The third kappa shape index (κ3) is 8.68. The zero-order valence-corrected chi connectivity index (χ0v) is 12.2. The summed E-state index contributed by atoms with van der Waals surface area (Å²) in [5, 5.41) is 0. The molecule has 0 unspecified atom stereocenters. The number of halogens is 2. The van der Waals surface area contributed by atoms with Gasteiger partial charge in [0.2, 0.25) is 0 Å². The van der Waals surface area contributed by atoms with Crippen LogP contribution >= 0.6 is 53.2 Å². The van der Waals surface area contributed by atoms with Gasteiger partial charge in [0.25, 0.3) is 0 Å². The van der Waals surface area contributed by atoms with Crippen LogP contribution in [0.3, 0.4) is 0 Å². The number of thiol groups is 1. The van der Waals surface area contributed by atoms with E-state index in [0.29, 0.717) is 0 Å². The van der Waals surface area contributed by atoms with Gasteiger partial charge in [-0.3, -0.25) is 0 Å². The zero-order valence-electron chi connectivity index (χ0n) is 4.47. The first-order valence-corrected chi connectivity index (χ1v) is 13.7. The van der Waals surface area contributed by atoms with Gasteiger partial charge in [-0.2, -0.15) is 0 Å². The summed E-state index contributed by atoms with van der Waals surface area (Å²) in [5.74, 6) is 0. The molecule has 0 spiro atoms. The Bertz CT molecular complexity index is 122. The van der Waals surface area contributed by atoms with Crippen molar-refractivity contribution in [1.82, 2.24) is 0 Å². The normalized spacial score (nSPS) is 14.0.